The summed E-state index contributed by atoms with van der Waals surface area (Å²) < 4.78 is 27.4. The average molecular weight is 844 g/mol. The maximum atomic E-state index is 13.5. The average Bonchev–Trinajstić information content (AvgIpc) is 3.18. The van der Waals surface area contributed by atoms with Crippen molar-refractivity contribution in [2.45, 2.75) is 99.4 Å². The second-order valence-electron chi connectivity index (χ2n) is 16.8. The molecule has 2 aliphatic heterocycles. The number of guanidine groups is 1. The van der Waals surface area contributed by atoms with Gasteiger partial charge in [0.05, 0.1) is 51.5 Å². The van der Waals surface area contributed by atoms with E-state index in [9.17, 15) is 24.0 Å². The molecule has 0 spiro atoms. The Hall–Kier alpha value is -5.17. The molecule has 2 fully saturated rings. The van der Waals surface area contributed by atoms with Crippen molar-refractivity contribution in [1.82, 2.24) is 29.6 Å². The van der Waals surface area contributed by atoms with Crippen LogP contribution in [0.4, 0.5) is 15.5 Å². The molecule has 60 heavy (non-hydrogen) atoms. The first-order chi connectivity index (χ1) is 28.2. The van der Waals surface area contributed by atoms with E-state index < -0.39 is 41.4 Å². The van der Waals surface area contributed by atoms with Gasteiger partial charge in [0.15, 0.2) is 0 Å². The first kappa shape index (κ1) is 49.2. The highest BCUT2D eigenvalue weighted by atomic mass is 16.6. The number of hydrogen-bond acceptors (Lipinski definition) is 15. The Morgan fingerprint density at radius 1 is 0.917 bits per heavy atom. The van der Waals surface area contributed by atoms with Crippen LogP contribution in [0, 0.1) is 5.92 Å². The van der Waals surface area contributed by atoms with Crippen molar-refractivity contribution in [1.29, 1.82) is 0 Å². The molecule has 3 rings (SSSR count). The summed E-state index contributed by atoms with van der Waals surface area (Å²) in [5.41, 5.74) is -0.879. The van der Waals surface area contributed by atoms with Gasteiger partial charge in [0.25, 0.3) is 0 Å². The zero-order valence-corrected chi connectivity index (χ0v) is 37.1. The number of hydrogen-bond donors (Lipinski definition) is 0. The van der Waals surface area contributed by atoms with Crippen LogP contribution in [-0.2, 0) is 44.6 Å². The fourth-order valence-corrected chi connectivity index (χ4v) is 5.87. The third-order valence-corrected chi connectivity index (χ3v) is 8.85. The molecule has 0 bridgehead atoms. The lowest BCUT2D eigenvalue weighted by Gasteiger charge is -2.40. The van der Waals surface area contributed by atoms with Gasteiger partial charge in [-0.1, -0.05) is 13.8 Å². The van der Waals surface area contributed by atoms with E-state index in [2.05, 4.69) is 31.6 Å². The Kier molecular flexibility index (Phi) is 18.9. The van der Waals surface area contributed by atoms with Crippen molar-refractivity contribution < 1.29 is 47.7 Å². The Labute approximate surface area is 354 Å². The molecule has 0 unspecified atom stereocenters. The van der Waals surface area contributed by atoms with Gasteiger partial charge in [0.2, 0.25) is 17.8 Å². The number of ether oxygens (including phenoxy) is 5. The summed E-state index contributed by atoms with van der Waals surface area (Å²) in [7, 11) is 0. The topological polar surface area (TPSA) is 198 Å². The number of rotatable bonds is 15. The molecule has 0 aromatic carbocycles. The number of esters is 2. The number of amides is 3. The minimum Gasteiger partial charge on any atom is -0.464 e. The summed E-state index contributed by atoms with van der Waals surface area (Å²) in [6.45, 7) is 26.1. The molecule has 334 valence electrons. The normalized spacial score (nSPS) is 17.0. The van der Waals surface area contributed by atoms with Gasteiger partial charge < -0.3 is 38.4 Å². The van der Waals surface area contributed by atoms with Crippen molar-refractivity contribution in [3.8, 4) is 0 Å². The summed E-state index contributed by atoms with van der Waals surface area (Å²) >= 11 is 0. The minimum absolute atomic E-state index is 0.0856. The Bertz CT molecular complexity index is 1650. The molecule has 19 nitrogen and oxygen atoms in total. The van der Waals surface area contributed by atoms with E-state index in [0.29, 0.717) is 55.8 Å². The van der Waals surface area contributed by atoms with Gasteiger partial charge in [-0.3, -0.25) is 9.69 Å². The molecule has 2 saturated heterocycles. The van der Waals surface area contributed by atoms with Crippen molar-refractivity contribution in [2.24, 2.45) is 15.9 Å². The molecular weight excluding hydrogens is 779 g/mol. The lowest BCUT2D eigenvalue weighted by molar-refractivity contribution is -0.157. The van der Waals surface area contributed by atoms with E-state index in [-0.39, 0.29) is 57.7 Å². The fourth-order valence-electron chi connectivity index (χ4n) is 5.87. The van der Waals surface area contributed by atoms with E-state index >= 15 is 0 Å². The molecule has 3 heterocycles. The van der Waals surface area contributed by atoms with Crippen LogP contribution in [0.25, 0.3) is 0 Å². The summed E-state index contributed by atoms with van der Waals surface area (Å²) in [4.78, 5) is 90.5. The number of aliphatic imine (C=N–C) groups is 2. The number of imide groups is 1. The van der Waals surface area contributed by atoms with Gasteiger partial charge in [0, 0.05) is 70.0 Å². The van der Waals surface area contributed by atoms with E-state index in [1.54, 1.807) is 60.3 Å². The van der Waals surface area contributed by atoms with Crippen LogP contribution < -0.4 is 4.90 Å². The number of piperazine rings is 2. The quantitative estimate of drug-likeness (QED) is 0.0615. The molecule has 1 atom stereocenters. The van der Waals surface area contributed by atoms with Crippen molar-refractivity contribution in [3.05, 3.63) is 29.7 Å². The van der Waals surface area contributed by atoms with Crippen LogP contribution in [0.5, 0.6) is 0 Å². The first-order valence-electron chi connectivity index (χ1n) is 20.4. The van der Waals surface area contributed by atoms with E-state index in [1.165, 1.54) is 23.5 Å². The van der Waals surface area contributed by atoms with Crippen LogP contribution in [-0.4, -0.2) is 168 Å². The Morgan fingerprint density at radius 2 is 1.53 bits per heavy atom. The summed E-state index contributed by atoms with van der Waals surface area (Å²) in [5.74, 6) is -0.332. The lowest BCUT2D eigenvalue weighted by Crippen LogP contribution is -2.59. The molecule has 0 radical (unpaired) electrons. The highest BCUT2D eigenvalue weighted by Gasteiger charge is 2.38. The van der Waals surface area contributed by atoms with Gasteiger partial charge in [0.1, 0.15) is 17.2 Å². The fraction of sp³-hybridized carbons (Fsp3) is 0.683. The van der Waals surface area contributed by atoms with E-state index in [1.807, 2.05) is 18.7 Å². The second-order valence-corrected chi connectivity index (χ2v) is 16.8. The van der Waals surface area contributed by atoms with E-state index in [0.717, 1.165) is 18.0 Å². The predicted molar refractivity (Wildman–Crippen MR) is 224 cm³/mol. The number of carbonyl (C=O) groups excluding carboxylic acids is 5. The smallest absolute Gasteiger partial charge is 0.420 e. The molecule has 1 aromatic heterocycles. The Balaban J connectivity index is 1.56. The molecule has 3 amide bonds. The predicted octanol–water partition coefficient (Wildman–Crippen LogP) is 3.91. The van der Waals surface area contributed by atoms with Crippen LogP contribution in [0.1, 0.15) is 81.2 Å². The third kappa shape index (κ3) is 16.5. The summed E-state index contributed by atoms with van der Waals surface area (Å²) in [6, 6.07) is -0.901. The molecule has 0 saturated carbocycles. The molecule has 0 N–H and O–H groups in total. The molecule has 2 aliphatic rings. The Morgan fingerprint density at radius 3 is 2.08 bits per heavy atom. The van der Waals surface area contributed by atoms with Crippen molar-refractivity contribution in [3.63, 3.8) is 0 Å². The largest absolute Gasteiger partial charge is 0.464 e. The standard InChI is InChI=1S/C41H65N9O10/c1-12-57-34(52)30(4)23-43-36(42-11)47-16-14-46(15-17-47)20-22-56-21-13-33(51)49-19-18-48(27-32(49)35(53)58-28-29(2)3)37-44-24-31(25-45-37)26-50(38(54)59-40(5,6)7)39(55)60-41(8,9)10/h23-25,29,32H,11-22,26-28H2,1-10H3/b30-23+,43-36+/t32-/m1/s1. The molecule has 0 aliphatic carbocycles. The first-order valence-corrected chi connectivity index (χ1v) is 20.4. The van der Waals surface area contributed by atoms with Crippen molar-refractivity contribution in [2.75, 3.05) is 83.7 Å². The SMILES string of the molecule is C=N/C(=N\C=C(/C)C(=O)OCC)N1CCN(CCOCCC(=O)N2CCN(c3ncc(CN(C(=O)OC(C)(C)C)C(=O)OC(C)(C)C)cn3)C[C@@H]2C(=O)OCC(C)C)CC1. The molecule has 19 heteroatoms. The number of nitrogens with zero attached hydrogens (tertiary/aromatic N) is 9. The summed E-state index contributed by atoms with van der Waals surface area (Å²) in [5, 5.41) is 0. The zero-order chi connectivity index (χ0) is 44.6. The van der Waals surface area contributed by atoms with Gasteiger partial charge in [-0.05, 0) is 68.0 Å². The monoisotopic (exact) mass is 843 g/mol. The van der Waals surface area contributed by atoms with Crippen LogP contribution in [0.2, 0.25) is 0 Å². The number of carbonyl (C=O) groups is 5. The second kappa shape index (κ2) is 23.0. The number of anilines is 1. The maximum absolute atomic E-state index is 13.5. The van der Waals surface area contributed by atoms with Gasteiger partial charge >= 0.3 is 24.1 Å². The summed E-state index contributed by atoms with van der Waals surface area (Å²) in [6.07, 6.45) is 2.77. The van der Waals surface area contributed by atoms with Crippen molar-refractivity contribution >= 4 is 48.7 Å². The zero-order valence-electron chi connectivity index (χ0n) is 37.1. The van der Waals surface area contributed by atoms with Crippen LogP contribution >= 0.6 is 0 Å². The lowest BCUT2D eigenvalue weighted by atomic mass is 10.1. The van der Waals surface area contributed by atoms with Crippen LogP contribution in [0.3, 0.4) is 0 Å². The van der Waals surface area contributed by atoms with Crippen LogP contribution in [0.15, 0.2) is 34.2 Å². The van der Waals surface area contributed by atoms with Gasteiger partial charge in [-0.25, -0.2) is 44.0 Å². The minimum atomic E-state index is -0.901. The highest BCUT2D eigenvalue weighted by Crippen LogP contribution is 2.21. The molecule has 1 aromatic rings. The van der Waals surface area contributed by atoms with E-state index in [4.69, 9.17) is 23.7 Å². The maximum Gasteiger partial charge on any atom is 0.420 e. The third-order valence-electron chi connectivity index (χ3n) is 8.85. The molecular formula is C41H65N9O10. The number of aromatic nitrogens is 2. The van der Waals surface area contributed by atoms with Gasteiger partial charge in [-0.2, -0.15) is 0 Å². The highest BCUT2D eigenvalue weighted by molar-refractivity contribution is 5.90. The van der Waals surface area contributed by atoms with Gasteiger partial charge in [-0.15, -0.1) is 0 Å².